The zero-order valence-electron chi connectivity index (χ0n) is 12.0. The molecule has 0 fully saturated rings. The van der Waals surface area contributed by atoms with E-state index in [0.29, 0.717) is 5.92 Å². The highest BCUT2D eigenvalue weighted by molar-refractivity contribution is 5.96. The molecule has 0 aliphatic heterocycles. The van der Waals surface area contributed by atoms with Gasteiger partial charge in [-0.3, -0.25) is 4.99 Å². The van der Waals surface area contributed by atoms with Crippen LogP contribution in [0.15, 0.2) is 48.0 Å². The molecule has 1 heteroatoms. The van der Waals surface area contributed by atoms with Gasteiger partial charge in [0, 0.05) is 11.6 Å². The van der Waals surface area contributed by atoms with Crippen LogP contribution in [0, 0.1) is 6.92 Å². The fourth-order valence-corrected chi connectivity index (χ4v) is 1.72. The fraction of sp³-hybridized carbons (Fsp3) is 0.353. The van der Waals surface area contributed by atoms with Crippen molar-refractivity contribution >= 4 is 11.4 Å². The molecular formula is C17H23N. The molecule has 1 aromatic carbocycles. The largest absolute Gasteiger partial charge is 0.253 e. The molecule has 96 valence electrons. The summed E-state index contributed by atoms with van der Waals surface area (Å²) in [6.07, 6.45) is 2.73. The van der Waals surface area contributed by atoms with Crippen molar-refractivity contribution < 1.29 is 0 Å². The van der Waals surface area contributed by atoms with Crippen molar-refractivity contribution in [3.8, 4) is 0 Å². The molecule has 0 aliphatic carbocycles. The Hall–Kier alpha value is -1.63. The summed E-state index contributed by atoms with van der Waals surface area (Å²) in [4.78, 5) is 4.67. The fourth-order valence-electron chi connectivity index (χ4n) is 1.72. The Labute approximate surface area is 111 Å². The first-order valence-corrected chi connectivity index (χ1v) is 6.45. The highest BCUT2D eigenvalue weighted by Gasteiger charge is 2.08. The normalized spacial score (nSPS) is 13.2. The van der Waals surface area contributed by atoms with E-state index in [0.717, 1.165) is 17.8 Å². The summed E-state index contributed by atoms with van der Waals surface area (Å²) in [5.41, 5.74) is 5.70. The van der Waals surface area contributed by atoms with E-state index < -0.39 is 0 Å². The Bertz CT molecular complexity index is 480. The molecule has 0 bridgehead atoms. The molecule has 18 heavy (non-hydrogen) atoms. The van der Waals surface area contributed by atoms with Gasteiger partial charge in [0.2, 0.25) is 0 Å². The Morgan fingerprint density at radius 1 is 1.44 bits per heavy atom. The third-order valence-electron chi connectivity index (χ3n) is 3.33. The van der Waals surface area contributed by atoms with Gasteiger partial charge in [0.25, 0.3) is 0 Å². The minimum atomic E-state index is 0.369. The van der Waals surface area contributed by atoms with Crippen molar-refractivity contribution in [3.05, 3.63) is 54.1 Å². The summed E-state index contributed by atoms with van der Waals surface area (Å²) in [6, 6.07) is 6.45. The first-order chi connectivity index (χ1) is 8.49. The smallest absolute Gasteiger partial charge is 0.0665 e. The predicted molar refractivity (Wildman–Crippen MR) is 82.0 cm³/mol. The van der Waals surface area contributed by atoms with Gasteiger partial charge in [-0.15, -0.1) is 0 Å². The molecule has 1 rings (SSSR count). The van der Waals surface area contributed by atoms with Gasteiger partial charge in [-0.05, 0) is 43.5 Å². The van der Waals surface area contributed by atoms with Crippen molar-refractivity contribution in [3.63, 3.8) is 0 Å². The first-order valence-electron chi connectivity index (χ1n) is 6.45. The topological polar surface area (TPSA) is 12.4 Å². The van der Waals surface area contributed by atoms with Crippen LogP contribution in [0.3, 0.4) is 0 Å². The zero-order valence-corrected chi connectivity index (χ0v) is 12.0. The van der Waals surface area contributed by atoms with Gasteiger partial charge >= 0.3 is 0 Å². The van der Waals surface area contributed by atoms with E-state index in [1.54, 1.807) is 0 Å². The maximum Gasteiger partial charge on any atom is 0.0665 e. The lowest BCUT2D eigenvalue weighted by Gasteiger charge is -2.13. The lowest BCUT2D eigenvalue weighted by Crippen LogP contribution is -1.95. The lowest BCUT2D eigenvalue weighted by molar-refractivity contribution is 0.898. The van der Waals surface area contributed by atoms with E-state index in [1.165, 1.54) is 16.7 Å². The van der Waals surface area contributed by atoms with Gasteiger partial charge < -0.3 is 0 Å². The number of nitrogens with zero attached hydrogens (tertiary/aromatic N) is 1. The van der Waals surface area contributed by atoms with Crippen LogP contribution in [0.2, 0.25) is 0 Å². The van der Waals surface area contributed by atoms with Gasteiger partial charge in [0.1, 0.15) is 0 Å². The van der Waals surface area contributed by atoms with Crippen LogP contribution in [0.25, 0.3) is 0 Å². The average molecular weight is 241 g/mol. The molecule has 0 heterocycles. The van der Waals surface area contributed by atoms with Crippen molar-refractivity contribution in [1.29, 1.82) is 0 Å². The molecule has 0 spiro atoms. The van der Waals surface area contributed by atoms with Crippen molar-refractivity contribution in [2.75, 3.05) is 0 Å². The first kappa shape index (κ1) is 14.4. The molecule has 1 aromatic rings. The predicted octanol–water partition coefficient (Wildman–Crippen LogP) is 5.34. The number of hydrogen-bond donors (Lipinski definition) is 0. The minimum Gasteiger partial charge on any atom is -0.253 e. The van der Waals surface area contributed by atoms with Gasteiger partial charge in [-0.1, -0.05) is 44.7 Å². The van der Waals surface area contributed by atoms with Crippen LogP contribution in [0.4, 0.5) is 5.69 Å². The Balaban J connectivity index is 3.20. The summed E-state index contributed by atoms with van der Waals surface area (Å²) in [5, 5.41) is 0. The van der Waals surface area contributed by atoms with Crippen molar-refractivity contribution in [1.82, 2.24) is 0 Å². The Morgan fingerprint density at radius 3 is 2.61 bits per heavy atom. The van der Waals surface area contributed by atoms with E-state index in [9.17, 15) is 0 Å². The number of allylic oxidation sites excluding steroid dienone is 2. The minimum absolute atomic E-state index is 0.369. The highest BCUT2D eigenvalue weighted by Crippen LogP contribution is 2.28. The van der Waals surface area contributed by atoms with Crippen LogP contribution in [0.5, 0.6) is 0 Å². The summed E-state index contributed by atoms with van der Waals surface area (Å²) in [7, 11) is 0. The second-order valence-electron chi connectivity index (χ2n) is 4.77. The molecule has 0 saturated heterocycles. The van der Waals surface area contributed by atoms with Crippen LogP contribution in [-0.4, -0.2) is 5.71 Å². The SMILES string of the molecule is C=CC(CC)=Nc1cc(C(C)C(=C)C)ccc1C. The van der Waals surface area contributed by atoms with E-state index in [-0.39, 0.29) is 0 Å². The van der Waals surface area contributed by atoms with Gasteiger partial charge in [-0.25, -0.2) is 0 Å². The molecule has 0 aromatic heterocycles. The van der Waals surface area contributed by atoms with Crippen LogP contribution in [-0.2, 0) is 0 Å². The second-order valence-corrected chi connectivity index (χ2v) is 4.77. The number of rotatable bonds is 5. The summed E-state index contributed by atoms with van der Waals surface area (Å²) in [5.74, 6) is 0.369. The molecule has 1 unspecified atom stereocenters. The second kappa shape index (κ2) is 6.34. The van der Waals surface area contributed by atoms with E-state index in [1.807, 2.05) is 6.08 Å². The van der Waals surface area contributed by atoms with Crippen LogP contribution >= 0.6 is 0 Å². The summed E-state index contributed by atoms with van der Waals surface area (Å²) in [6.45, 7) is 16.2. The Morgan fingerprint density at radius 2 is 2.11 bits per heavy atom. The third-order valence-corrected chi connectivity index (χ3v) is 3.33. The molecule has 0 radical (unpaired) electrons. The average Bonchev–Trinajstić information content (AvgIpc) is 2.36. The van der Waals surface area contributed by atoms with Crippen molar-refractivity contribution in [2.45, 2.75) is 40.0 Å². The Kier molecular flexibility index (Phi) is 5.08. The molecule has 0 N–H and O–H groups in total. The molecule has 1 nitrogen and oxygen atoms in total. The standard InChI is InChI=1S/C17H23N/c1-7-16(8-2)18-17-11-15(10-9-13(17)5)14(6)12(3)4/h7,9-11,14H,1,3,8H2,2,4-6H3. The van der Waals surface area contributed by atoms with E-state index in [2.05, 4.69) is 64.0 Å². The maximum atomic E-state index is 4.67. The van der Waals surface area contributed by atoms with Crippen LogP contribution in [0.1, 0.15) is 44.2 Å². The van der Waals surface area contributed by atoms with E-state index >= 15 is 0 Å². The highest BCUT2D eigenvalue weighted by atomic mass is 14.7. The quantitative estimate of drug-likeness (QED) is 0.487. The van der Waals surface area contributed by atoms with E-state index in [4.69, 9.17) is 0 Å². The van der Waals surface area contributed by atoms with Gasteiger partial charge in [0.05, 0.1) is 5.69 Å². The third kappa shape index (κ3) is 3.43. The number of aryl methyl sites for hydroxylation is 1. The summed E-state index contributed by atoms with van der Waals surface area (Å²) < 4.78 is 0. The number of benzene rings is 1. The number of hydrogen-bond acceptors (Lipinski definition) is 1. The maximum absolute atomic E-state index is 4.67. The van der Waals surface area contributed by atoms with Crippen LogP contribution < -0.4 is 0 Å². The molecule has 0 amide bonds. The zero-order chi connectivity index (χ0) is 13.7. The molecular weight excluding hydrogens is 218 g/mol. The summed E-state index contributed by atoms with van der Waals surface area (Å²) >= 11 is 0. The van der Waals surface area contributed by atoms with Gasteiger partial charge in [-0.2, -0.15) is 0 Å². The monoisotopic (exact) mass is 241 g/mol. The molecule has 1 atom stereocenters. The van der Waals surface area contributed by atoms with Gasteiger partial charge in [0.15, 0.2) is 0 Å². The molecule has 0 saturated carbocycles. The van der Waals surface area contributed by atoms with Crippen molar-refractivity contribution in [2.24, 2.45) is 4.99 Å². The number of aliphatic imine (C=N–C) groups is 1. The lowest BCUT2D eigenvalue weighted by atomic mass is 9.94. The molecule has 0 aliphatic rings.